The van der Waals surface area contributed by atoms with E-state index in [4.69, 9.17) is 20.8 Å². The maximum Gasteiger partial charge on any atom is 0.347 e. The highest BCUT2D eigenvalue weighted by atomic mass is 32.1. The van der Waals surface area contributed by atoms with Gasteiger partial charge in [0.05, 0.1) is 38.5 Å². The highest BCUT2D eigenvalue weighted by molar-refractivity contribution is 7.19. The number of anilines is 1. The van der Waals surface area contributed by atoms with E-state index in [1.165, 1.54) is 11.3 Å². The van der Waals surface area contributed by atoms with E-state index >= 15 is 0 Å². The number of ether oxygens (including phenoxy) is 3. The fraction of sp³-hybridized carbons (Fsp3) is 0.368. The molecule has 1 saturated heterocycles. The summed E-state index contributed by atoms with van der Waals surface area (Å²) in [4.78, 5) is 18.9. The van der Waals surface area contributed by atoms with Crippen LogP contribution in [0.2, 0.25) is 0 Å². The molecule has 136 valence electrons. The number of esters is 1. The van der Waals surface area contributed by atoms with Gasteiger partial charge in [-0.05, 0) is 24.6 Å². The van der Waals surface area contributed by atoms with Crippen LogP contribution in [0.3, 0.4) is 0 Å². The van der Waals surface area contributed by atoms with E-state index in [0.717, 1.165) is 16.3 Å². The zero-order chi connectivity index (χ0) is 18.5. The SMILES string of the molecule is [C-]#[N+]c1c(N2CCOCC2)sc(C(=O)OCC)c1-c1ccc(OC)cc1. The zero-order valence-corrected chi connectivity index (χ0v) is 15.6. The number of methoxy groups -OCH3 is 1. The molecule has 0 N–H and O–H groups in total. The van der Waals surface area contributed by atoms with Crippen molar-refractivity contribution in [2.24, 2.45) is 0 Å². The number of rotatable bonds is 5. The molecule has 1 aromatic carbocycles. The van der Waals surface area contributed by atoms with Gasteiger partial charge in [0.25, 0.3) is 0 Å². The highest BCUT2D eigenvalue weighted by Crippen LogP contribution is 2.49. The minimum Gasteiger partial charge on any atom is -0.497 e. The molecule has 0 unspecified atom stereocenters. The van der Waals surface area contributed by atoms with Gasteiger partial charge in [0, 0.05) is 18.7 Å². The first kappa shape index (κ1) is 18.2. The molecule has 2 aromatic rings. The Morgan fingerprint density at radius 2 is 2.00 bits per heavy atom. The fourth-order valence-electron chi connectivity index (χ4n) is 2.86. The van der Waals surface area contributed by atoms with E-state index in [-0.39, 0.29) is 0 Å². The topological polar surface area (TPSA) is 52.4 Å². The maximum atomic E-state index is 12.5. The molecule has 26 heavy (non-hydrogen) atoms. The Balaban J connectivity index is 2.13. The van der Waals surface area contributed by atoms with Gasteiger partial charge in [0.2, 0.25) is 5.69 Å². The molecular formula is C19H20N2O4S. The molecule has 0 atom stereocenters. The van der Waals surface area contributed by atoms with E-state index in [9.17, 15) is 4.79 Å². The van der Waals surface area contributed by atoms with E-state index < -0.39 is 5.97 Å². The van der Waals surface area contributed by atoms with Crippen LogP contribution in [0.1, 0.15) is 16.6 Å². The first-order valence-corrected chi connectivity index (χ1v) is 9.19. The van der Waals surface area contributed by atoms with Gasteiger partial charge in [0.1, 0.15) is 10.6 Å². The Labute approximate surface area is 156 Å². The van der Waals surface area contributed by atoms with Crippen LogP contribution in [-0.4, -0.2) is 46.0 Å². The number of carbonyl (C=O) groups excluding carboxylic acids is 1. The van der Waals surface area contributed by atoms with E-state index in [0.29, 0.717) is 49.0 Å². The molecule has 1 fully saturated rings. The van der Waals surface area contributed by atoms with Gasteiger partial charge in [-0.1, -0.05) is 12.1 Å². The number of hydrogen-bond acceptors (Lipinski definition) is 6. The predicted octanol–water partition coefficient (Wildman–Crippen LogP) is 3.99. The summed E-state index contributed by atoms with van der Waals surface area (Å²) in [5.74, 6) is 0.326. The minimum atomic E-state index is -0.396. The molecular weight excluding hydrogens is 352 g/mol. The van der Waals surface area contributed by atoms with E-state index in [1.807, 2.05) is 24.3 Å². The van der Waals surface area contributed by atoms with Crippen molar-refractivity contribution in [1.82, 2.24) is 0 Å². The number of benzene rings is 1. The quantitative estimate of drug-likeness (QED) is 0.587. The van der Waals surface area contributed by atoms with Crippen LogP contribution in [-0.2, 0) is 9.47 Å². The Hall–Kier alpha value is -2.56. The van der Waals surface area contributed by atoms with Crippen molar-refractivity contribution >= 4 is 28.0 Å². The first-order chi connectivity index (χ1) is 12.7. The summed E-state index contributed by atoms with van der Waals surface area (Å²) in [6.45, 7) is 12.4. The number of hydrogen-bond donors (Lipinski definition) is 0. The molecule has 0 bridgehead atoms. The summed E-state index contributed by atoms with van der Waals surface area (Å²) in [7, 11) is 1.60. The lowest BCUT2D eigenvalue weighted by Crippen LogP contribution is -2.35. The third-order valence-electron chi connectivity index (χ3n) is 4.11. The van der Waals surface area contributed by atoms with Gasteiger partial charge in [0.15, 0.2) is 0 Å². The van der Waals surface area contributed by atoms with Crippen LogP contribution in [0, 0.1) is 6.57 Å². The van der Waals surface area contributed by atoms with Gasteiger partial charge in [-0.3, -0.25) is 0 Å². The van der Waals surface area contributed by atoms with Crippen molar-refractivity contribution in [1.29, 1.82) is 0 Å². The first-order valence-electron chi connectivity index (χ1n) is 8.38. The molecule has 0 saturated carbocycles. The van der Waals surface area contributed by atoms with E-state index in [2.05, 4.69) is 9.74 Å². The van der Waals surface area contributed by atoms with Crippen LogP contribution in [0.5, 0.6) is 5.75 Å². The van der Waals surface area contributed by atoms with Crippen molar-refractivity contribution in [3.8, 4) is 16.9 Å². The molecule has 0 spiro atoms. The van der Waals surface area contributed by atoms with Gasteiger partial charge in [-0.15, -0.1) is 11.3 Å². The lowest BCUT2D eigenvalue weighted by Gasteiger charge is -2.28. The minimum absolute atomic E-state index is 0.291. The molecule has 7 heteroatoms. The second kappa shape index (κ2) is 8.21. The van der Waals surface area contributed by atoms with Crippen molar-refractivity contribution in [2.75, 3.05) is 44.9 Å². The molecule has 0 aliphatic carbocycles. The molecule has 2 heterocycles. The Morgan fingerprint density at radius 3 is 2.58 bits per heavy atom. The normalized spacial score (nSPS) is 14.0. The van der Waals surface area contributed by atoms with Crippen LogP contribution in [0.25, 0.3) is 16.0 Å². The predicted molar refractivity (Wildman–Crippen MR) is 102 cm³/mol. The number of thiophene rings is 1. The summed E-state index contributed by atoms with van der Waals surface area (Å²) in [5.41, 5.74) is 1.92. The third kappa shape index (κ3) is 3.52. The maximum absolute atomic E-state index is 12.5. The standard InChI is InChI=1S/C19H20N2O4S/c1-4-25-19(22)17-15(13-5-7-14(23-3)8-6-13)16(20-2)18(26-17)21-9-11-24-12-10-21/h5-8H,4,9-12H2,1,3H3. The molecule has 0 amide bonds. The largest absolute Gasteiger partial charge is 0.497 e. The molecule has 6 nitrogen and oxygen atoms in total. The van der Waals surface area contributed by atoms with Crippen molar-refractivity contribution in [2.45, 2.75) is 6.92 Å². The van der Waals surface area contributed by atoms with Crippen LogP contribution in [0.4, 0.5) is 10.7 Å². The molecule has 3 rings (SSSR count). The van der Waals surface area contributed by atoms with E-state index in [1.54, 1.807) is 14.0 Å². The average Bonchev–Trinajstić information content (AvgIpc) is 3.08. The summed E-state index contributed by atoms with van der Waals surface area (Å²) < 4.78 is 15.9. The van der Waals surface area contributed by atoms with Gasteiger partial charge < -0.3 is 19.1 Å². The van der Waals surface area contributed by atoms with Crippen LogP contribution < -0.4 is 9.64 Å². The van der Waals surface area contributed by atoms with Crippen molar-refractivity contribution in [3.05, 3.63) is 40.6 Å². The Bertz CT molecular complexity index is 817. The van der Waals surface area contributed by atoms with Crippen LogP contribution in [0.15, 0.2) is 24.3 Å². The Morgan fingerprint density at radius 1 is 1.31 bits per heavy atom. The van der Waals surface area contributed by atoms with Gasteiger partial charge >= 0.3 is 5.97 Å². The Kier molecular flexibility index (Phi) is 5.76. The fourth-order valence-corrected chi connectivity index (χ4v) is 4.07. The second-order valence-electron chi connectivity index (χ2n) is 5.62. The number of carbonyl (C=O) groups is 1. The summed E-state index contributed by atoms with van der Waals surface area (Å²) >= 11 is 1.32. The lowest BCUT2D eigenvalue weighted by atomic mass is 10.0. The lowest BCUT2D eigenvalue weighted by molar-refractivity contribution is 0.0533. The zero-order valence-electron chi connectivity index (χ0n) is 14.8. The average molecular weight is 372 g/mol. The summed E-state index contributed by atoms with van der Waals surface area (Å²) in [5, 5.41) is 0.803. The van der Waals surface area contributed by atoms with Gasteiger partial charge in [-0.25, -0.2) is 9.64 Å². The molecule has 0 radical (unpaired) electrons. The third-order valence-corrected chi connectivity index (χ3v) is 5.33. The molecule has 1 aromatic heterocycles. The smallest absolute Gasteiger partial charge is 0.347 e. The van der Waals surface area contributed by atoms with Crippen LogP contribution >= 0.6 is 11.3 Å². The van der Waals surface area contributed by atoms with Gasteiger partial charge in [-0.2, -0.15) is 0 Å². The van der Waals surface area contributed by atoms with Crippen molar-refractivity contribution in [3.63, 3.8) is 0 Å². The number of nitrogens with zero attached hydrogens (tertiary/aromatic N) is 2. The number of morpholine rings is 1. The van der Waals surface area contributed by atoms with Crippen molar-refractivity contribution < 1.29 is 19.0 Å². The summed E-state index contributed by atoms with van der Waals surface area (Å²) in [6, 6.07) is 7.37. The monoisotopic (exact) mass is 372 g/mol. The highest BCUT2D eigenvalue weighted by Gasteiger charge is 2.28. The molecule has 1 aliphatic heterocycles. The second-order valence-corrected chi connectivity index (χ2v) is 6.62. The summed E-state index contributed by atoms with van der Waals surface area (Å²) in [6.07, 6.45) is 0. The molecule has 1 aliphatic rings.